The van der Waals surface area contributed by atoms with Gasteiger partial charge in [-0.05, 0) is 30.3 Å². The number of para-hydroxylation sites is 1. The van der Waals surface area contributed by atoms with Gasteiger partial charge in [-0.1, -0.05) is 18.2 Å². The lowest BCUT2D eigenvalue weighted by atomic mass is 10.1. The first kappa shape index (κ1) is 17.7. The molecule has 4 nitrogen and oxygen atoms in total. The second-order valence-electron chi connectivity index (χ2n) is 5.36. The summed E-state index contributed by atoms with van der Waals surface area (Å²) in [5.74, 6) is -0.365. The second-order valence-corrected chi connectivity index (χ2v) is 5.36. The third kappa shape index (κ3) is 4.65. The van der Waals surface area contributed by atoms with Gasteiger partial charge >= 0.3 is 6.18 Å². The summed E-state index contributed by atoms with van der Waals surface area (Å²) in [4.78, 5) is 13.8. The molecule has 24 heavy (non-hydrogen) atoms. The van der Waals surface area contributed by atoms with Crippen molar-refractivity contribution in [3.63, 3.8) is 0 Å². The van der Waals surface area contributed by atoms with Crippen molar-refractivity contribution in [3.8, 4) is 0 Å². The number of nitrogens with zero attached hydrogens (tertiary/aromatic N) is 1. The number of amides is 1. The van der Waals surface area contributed by atoms with Crippen molar-refractivity contribution < 1.29 is 18.0 Å². The van der Waals surface area contributed by atoms with E-state index in [1.54, 1.807) is 0 Å². The van der Waals surface area contributed by atoms with Crippen molar-refractivity contribution in [1.82, 2.24) is 0 Å². The van der Waals surface area contributed by atoms with Gasteiger partial charge in [-0.2, -0.15) is 13.2 Å². The molecule has 1 amide bonds. The summed E-state index contributed by atoms with van der Waals surface area (Å²) in [6.45, 7) is 0.441. The Morgan fingerprint density at radius 3 is 2.46 bits per heavy atom. The standard InChI is InChI=1S/C17H18F3N3O/c1-23(13-5-3-2-4-6-13)10-9-16(24)22-12-7-8-15(21)14(11-12)17(18,19)20/h2-8,11H,9-10,21H2,1H3,(H,22,24). The Labute approximate surface area is 138 Å². The van der Waals surface area contributed by atoms with E-state index in [-0.39, 0.29) is 23.7 Å². The topological polar surface area (TPSA) is 58.4 Å². The van der Waals surface area contributed by atoms with Crippen LogP contribution in [0, 0.1) is 0 Å². The van der Waals surface area contributed by atoms with Crippen LogP contribution in [0.5, 0.6) is 0 Å². The molecule has 0 spiro atoms. The smallest absolute Gasteiger partial charge is 0.398 e. The molecule has 0 aliphatic heterocycles. The quantitative estimate of drug-likeness (QED) is 0.817. The minimum Gasteiger partial charge on any atom is -0.398 e. The molecule has 0 unspecified atom stereocenters. The molecule has 0 saturated heterocycles. The van der Waals surface area contributed by atoms with Crippen LogP contribution in [-0.2, 0) is 11.0 Å². The average Bonchev–Trinajstić information content (AvgIpc) is 2.54. The van der Waals surface area contributed by atoms with Gasteiger partial charge in [-0.3, -0.25) is 4.79 Å². The second kappa shape index (κ2) is 7.25. The molecule has 0 fully saturated rings. The molecule has 2 aromatic carbocycles. The number of carbonyl (C=O) groups is 1. The number of anilines is 3. The first-order valence-electron chi connectivity index (χ1n) is 7.30. The summed E-state index contributed by atoms with van der Waals surface area (Å²) in [7, 11) is 1.84. The van der Waals surface area contributed by atoms with E-state index < -0.39 is 11.7 Å². The number of carbonyl (C=O) groups excluding carboxylic acids is 1. The van der Waals surface area contributed by atoms with Gasteiger partial charge in [0.1, 0.15) is 0 Å². The molecule has 0 radical (unpaired) electrons. The Kier molecular flexibility index (Phi) is 5.33. The van der Waals surface area contributed by atoms with Gasteiger partial charge < -0.3 is 16.0 Å². The predicted octanol–water partition coefficient (Wildman–Crippen LogP) is 3.75. The van der Waals surface area contributed by atoms with E-state index in [0.717, 1.165) is 17.8 Å². The molecule has 0 saturated carbocycles. The molecule has 7 heteroatoms. The van der Waals surface area contributed by atoms with Crippen LogP contribution in [-0.4, -0.2) is 19.5 Å². The molecule has 0 aromatic heterocycles. The van der Waals surface area contributed by atoms with Crippen molar-refractivity contribution in [2.75, 3.05) is 29.5 Å². The molecule has 0 atom stereocenters. The Morgan fingerprint density at radius 1 is 1.17 bits per heavy atom. The summed E-state index contributed by atoms with van der Waals surface area (Å²) in [5.41, 5.74) is 5.03. The van der Waals surface area contributed by atoms with Crippen molar-refractivity contribution in [2.45, 2.75) is 12.6 Å². The van der Waals surface area contributed by atoms with Crippen molar-refractivity contribution in [3.05, 3.63) is 54.1 Å². The zero-order valence-electron chi connectivity index (χ0n) is 13.1. The maximum Gasteiger partial charge on any atom is 0.418 e. The Balaban J connectivity index is 1.95. The zero-order valence-corrected chi connectivity index (χ0v) is 13.1. The minimum absolute atomic E-state index is 0.0730. The maximum atomic E-state index is 12.8. The molecule has 0 aliphatic carbocycles. The van der Waals surface area contributed by atoms with Crippen LogP contribution < -0.4 is 16.0 Å². The van der Waals surface area contributed by atoms with Gasteiger partial charge in [0.15, 0.2) is 0 Å². The average molecular weight is 337 g/mol. The molecule has 128 valence electrons. The third-order valence-corrected chi connectivity index (χ3v) is 3.51. The fourth-order valence-corrected chi connectivity index (χ4v) is 2.18. The van der Waals surface area contributed by atoms with Gasteiger partial charge in [0.25, 0.3) is 0 Å². The van der Waals surface area contributed by atoms with Crippen LogP contribution in [0.3, 0.4) is 0 Å². The molecular formula is C17H18F3N3O. The van der Waals surface area contributed by atoms with Crippen LogP contribution in [0.15, 0.2) is 48.5 Å². The number of nitrogens with one attached hydrogen (secondary N) is 1. The number of hydrogen-bond donors (Lipinski definition) is 2. The molecule has 0 bridgehead atoms. The highest BCUT2D eigenvalue weighted by Gasteiger charge is 2.33. The molecular weight excluding hydrogens is 319 g/mol. The summed E-state index contributed by atoms with van der Waals surface area (Å²) >= 11 is 0. The summed E-state index contributed by atoms with van der Waals surface area (Å²) in [5, 5.41) is 2.47. The molecule has 0 aliphatic rings. The number of rotatable bonds is 5. The lowest BCUT2D eigenvalue weighted by Gasteiger charge is -2.19. The van der Waals surface area contributed by atoms with E-state index in [1.165, 1.54) is 6.07 Å². The monoisotopic (exact) mass is 337 g/mol. The van der Waals surface area contributed by atoms with Crippen LogP contribution in [0.25, 0.3) is 0 Å². The number of nitrogen functional groups attached to an aromatic ring is 1. The minimum atomic E-state index is -4.56. The highest BCUT2D eigenvalue weighted by atomic mass is 19.4. The number of benzene rings is 2. The van der Waals surface area contributed by atoms with Crippen LogP contribution in [0.4, 0.5) is 30.2 Å². The summed E-state index contributed by atoms with van der Waals surface area (Å²) < 4.78 is 38.4. The third-order valence-electron chi connectivity index (χ3n) is 3.51. The lowest BCUT2D eigenvalue weighted by Crippen LogP contribution is -2.24. The molecule has 2 rings (SSSR count). The van der Waals surface area contributed by atoms with Crippen molar-refractivity contribution >= 4 is 23.0 Å². The number of alkyl halides is 3. The Hall–Kier alpha value is -2.70. The van der Waals surface area contributed by atoms with E-state index in [4.69, 9.17) is 5.73 Å². The molecule has 3 N–H and O–H groups in total. The van der Waals surface area contributed by atoms with E-state index in [2.05, 4.69) is 5.32 Å². The highest BCUT2D eigenvalue weighted by Crippen LogP contribution is 2.35. The van der Waals surface area contributed by atoms with Gasteiger partial charge in [0, 0.05) is 37.1 Å². The van der Waals surface area contributed by atoms with E-state index in [0.29, 0.717) is 6.54 Å². The normalized spacial score (nSPS) is 11.2. The maximum absolute atomic E-state index is 12.8. The molecule has 2 aromatic rings. The van der Waals surface area contributed by atoms with E-state index in [9.17, 15) is 18.0 Å². The Morgan fingerprint density at radius 2 is 1.83 bits per heavy atom. The van der Waals surface area contributed by atoms with Gasteiger partial charge in [0.05, 0.1) is 5.56 Å². The number of nitrogens with two attached hydrogens (primary N) is 1. The Bertz CT molecular complexity index is 702. The van der Waals surface area contributed by atoms with Crippen LogP contribution in [0.2, 0.25) is 0 Å². The number of hydrogen-bond acceptors (Lipinski definition) is 3. The summed E-state index contributed by atoms with van der Waals surface area (Å²) in [6.07, 6.45) is -4.41. The first-order valence-corrected chi connectivity index (χ1v) is 7.30. The fraction of sp³-hybridized carbons (Fsp3) is 0.235. The van der Waals surface area contributed by atoms with E-state index in [1.807, 2.05) is 42.3 Å². The number of halogens is 3. The van der Waals surface area contributed by atoms with Gasteiger partial charge in [0.2, 0.25) is 5.91 Å². The van der Waals surface area contributed by atoms with Gasteiger partial charge in [-0.25, -0.2) is 0 Å². The predicted molar refractivity (Wildman–Crippen MR) is 88.8 cm³/mol. The van der Waals surface area contributed by atoms with Crippen molar-refractivity contribution in [1.29, 1.82) is 0 Å². The van der Waals surface area contributed by atoms with Crippen LogP contribution >= 0.6 is 0 Å². The van der Waals surface area contributed by atoms with Crippen molar-refractivity contribution in [2.24, 2.45) is 0 Å². The molecule has 0 heterocycles. The first-order chi connectivity index (χ1) is 11.3. The van der Waals surface area contributed by atoms with Crippen LogP contribution in [0.1, 0.15) is 12.0 Å². The SMILES string of the molecule is CN(CCC(=O)Nc1ccc(N)c(C(F)(F)F)c1)c1ccccc1. The lowest BCUT2D eigenvalue weighted by molar-refractivity contribution is -0.136. The largest absolute Gasteiger partial charge is 0.418 e. The van der Waals surface area contributed by atoms with Gasteiger partial charge in [-0.15, -0.1) is 0 Å². The summed E-state index contributed by atoms with van der Waals surface area (Å²) in [6, 6.07) is 12.8. The zero-order chi connectivity index (χ0) is 17.7. The highest BCUT2D eigenvalue weighted by molar-refractivity contribution is 5.91. The fourth-order valence-electron chi connectivity index (χ4n) is 2.18. The van der Waals surface area contributed by atoms with E-state index >= 15 is 0 Å².